The summed E-state index contributed by atoms with van der Waals surface area (Å²) in [6, 6.07) is 2.44. The number of ether oxygens (including phenoxy) is 1. The standard InChI is InChI=1S/C13H11N3O7/c1-7-12(16(20)21)10(23-14-7)4-3-8-5-9(15(18)19)13(17)11(6-8)22-2/h3-6,17H,1-2H3/b4-3-. The van der Waals surface area contributed by atoms with Gasteiger partial charge in [-0.3, -0.25) is 20.2 Å². The first-order valence-corrected chi connectivity index (χ1v) is 6.19. The van der Waals surface area contributed by atoms with Gasteiger partial charge >= 0.3 is 11.4 Å². The molecule has 1 aromatic carbocycles. The van der Waals surface area contributed by atoms with Gasteiger partial charge in [-0.25, -0.2) is 0 Å². The first kappa shape index (κ1) is 15.9. The van der Waals surface area contributed by atoms with Crippen LogP contribution in [-0.2, 0) is 0 Å². The number of aromatic hydroxyl groups is 1. The van der Waals surface area contributed by atoms with Crippen molar-refractivity contribution in [1.29, 1.82) is 0 Å². The molecule has 1 N–H and O–H groups in total. The van der Waals surface area contributed by atoms with Gasteiger partial charge in [0, 0.05) is 6.07 Å². The SMILES string of the molecule is COc1cc(/C=C\c2onc(C)c2[N+](=O)[O-])cc([N+](=O)[O-])c1O. The van der Waals surface area contributed by atoms with E-state index in [-0.39, 0.29) is 28.5 Å². The van der Waals surface area contributed by atoms with E-state index in [0.717, 1.165) is 6.07 Å². The van der Waals surface area contributed by atoms with Crippen LogP contribution in [0, 0.1) is 27.2 Å². The smallest absolute Gasteiger partial charge is 0.338 e. The van der Waals surface area contributed by atoms with E-state index in [1.165, 1.54) is 32.3 Å². The Balaban J connectivity index is 2.46. The zero-order valence-corrected chi connectivity index (χ0v) is 12.0. The lowest BCUT2D eigenvalue weighted by Crippen LogP contribution is -1.93. The second-order valence-electron chi connectivity index (χ2n) is 4.42. The molecule has 2 aromatic rings. The first-order chi connectivity index (χ1) is 10.8. The molecule has 1 aromatic heterocycles. The third kappa shape index (κ3) is 3.10. The number of benzene rings is 1. The monoisotopic (exact) mass is 321 g/mol. The van der Waals surface area contributed by atoms with Crippen LogP contribution in [0.15, 0.2) is 16.7 Å². The second kappa shape index (κ2) is 6.13. The Labute approximate surface area is 128 Å². The van der Waals surface area contributed by atoms with E-state index in [0.29, 0.717) is 0 Å². The fourth-order valence-electron chi connectivity index (χ4n) is 1.89. The largest absolute Gasteiger partial charge is 0.500 e. The van der Waals surface area contributed by atoms with E-state index in [1.54, 1.807) is 0 Å². The summed E-state index contributed by atoms with van der Waals surface area (Å²) in [7, 11) is 1.25. The van der Waals surface area contributed by atoms with Gasteiger partial charge in [0.15, 0.2) is 11.4 Å². The average Bonchev–Trinajstić information content (AvgIpc) is 2.86. The van der Waals surface area contributed by atoms with Gasteiger partial charge in [0.1, 0.15) is 0 Å². The molecule has 1 heterocycles. The van der Waals surface area contributed by atoms with Gasteiger partial charge in [-0.15, -0.1) is 0 Å². The number of aryl methyl sites for hydroxylation is 1. The highest BCUT2D eigenvalue weighted by atomic mass is 16.6. The minimum absolute atomic E-state index is 0.0952. The Morgan fingerprint density at radius 3 is 2.52 bits per heavy atom. The Hall–Kier alpha value is -3.43. The molecule has 0 fully saturated rings. The Morgan fingerprint density at radius 1 is 1.26 bits per heavy atom. The van der Waals surface area contributed by atoms with Gasteiger partial charge in [0.25, 0.3) is 0 Å². The Bertz CT molecular complexity index is 810. The number of nitro benzene ring substituents is 1. The highest BCUT2D eigenvalue weighted by Gasteiger charge is 2.23. The van der Waals surface area contributed by atoms with Crippen LogP contribution in [0.4, 0.5) is 11.4 Å². The number of nitro groups is 2. The topological polar surface area (TPSA) is 142 Å². The van der Waals surface area contributed by atoms with E-state index in [9.17, 15) is 25.3 Å². The molecule has 10 nitrogen and oxygen atoms in total. The van der Waals surface area contributed by atoms with Gasteiger partial charge < -0.3 is 14.4 Å². The molecule has 0 bridgehead atoms. The zero-order valence-electron chi connectivity index (χ0n) is 12.0. The number of methoxy groups -OCH3 is 1. The molecule has 0 aliphatic rings. The molecule has 0 unspecified atom stereocenters. The first-order valence-electron chi connectivity index (χ1n) is 6.19. The van der Waals surface area contributed by atoms with Crippen molar-refractivity contribution in [1.82, 2.24) is 5.16 Å². The van der Waals surface area contributed by atoms with Crippen LogP contribution in [0.25, 0.3) is 12.2 Å². The highest BCUT2D eigenvalue weighted by Crippen LogP contribution is 2.37. The van der Waals surface area contributed by atoms with Crippen molar-refractivity contribution < 1.29 is 24.2 Å². The molecule has 0 saturated carbocycles. The lowest BCUT2D eigenvalue weighted by molar-refractivity contribution is -0.386. The Kier molecular flexibility index (Phi) is 4.25. The van der Waals surface area contributed by atoms with Crippen molar-refractivity contribution in [2.75, 3.05) is 7.11 Å². The molecule has 120 valence electrons. The van der Waals surface area contributed by atoms with Crippen molar-refractivity contribution >= 4 is 23.5 Å². The van der Waals surface area contributed by atoms with Gasteiger partial charge in [-0.1, -0.05) is 11.2 Å². The number of phenols is 1. The van der Waals surface area contributed by atoms with Crippen LogP contribution in [0.2, 0.25) is 0 Å². The van der Waals surface area contributed by atoms with Crippen LogP contribution in [-0.4, -0.2) is 27.2 Å². The molecule has 10 heteroatoms. The maximum atomic E-state index is 10.9. The van der Waals surface area contributed by atoms with E-state index in [4.69, 9.17) is 9.26 Å². The third-order valence-corrected chi connectivity index (χ3v) is 2.96. The van der Waals surface area contributed by atoms with E-state index in [1.807, 2.05) is 0 Å². The van der Waals surface area contributed by atoms with Gasteiger partial charge in [-0.05, 0) is 24.6 Å². The van der Waals surface area contributed by atoms with Crippen LogP contribution in [0.3, 0.4) is 0 Å². The number of phenolic OH excluding ortho intramolecular Hbond substituents is 1. The van der Waals surface area contributed by atoms with Gasteiger partial charge in [0.2, 0.25) is 11.5 Å². The summed E-state index contributed by atoms with van der Waals surface area (Å²) in [6.07, 6.45) is 2.61. The molecule has 0 saturated heterocycles. The molecule has 0 radical (unpaired) electrons. The molecular formula is C13H11N3O7. The predicted octanol–water partition coefficient (Wildman–Crippen LogP) is 2.68. The van der Waals surface area contributed by atoms with Crippen molar-refractivity contribution in [3.63, 3.8) is 0 Å². The molecule has 0 aliphatic carbocycles. The number of hydrogen-bond acceptors (Lipinski definition) is 8. The summed E-state index contributed by atoms with van der Waals surface area (Å²) < 4.78 is 9.71. The number of aromatic nitrogens is 1. The summed E-state index contributed by atoms with van der Waals surface area (Å²) in [6.45, 7) is 1.42. The van der Waals surface area contributed by atoms with E-state index in [2.05, 4.69) is 5.16 Å². The van der Waals surface area contributed by atoms with Gasteiger partial charge in [0.05, 0.1) is 17.0 Å². The summed E-state index contributed by atoms with van der Waals surface area (Å²) in [5.41, 5.74) is -0.438. The van der Waals surface area contributed by atoms with Crippen molar-refractivity contribution in [2.24, 2.45) is 0 Å². The molecule has 0 amide bonds. The van der Waals surface area contributed by atoms with Crippen LogP contribution >= 0.6 is 0 Å². The minimum Gasteiger partial charge on any atom is -0.500 e. The van der Waals surface area contributed by atoms with Gasteiger partial charge in [-0.2, -0.15) is 0 Å². The molecular weight excluding hydrogens is 310 g/mol. The molecule has 0 atom stereocenters. The Morgan fingerprint density at radius 2 is 1.96 bits per heavy atom. The maximum Gasteiger partial charge on any atom is 0.338 e. The fourth-order valence-corrected chi connectivity index (χ4v) is 1.89. The highest BCUT2D eigenvalue weighted by molar-refractivity contribution is 5.74. The fraction of sp³-hybridized carbons (Fsp3) is 0.154. The summed E-state index contributed by atoms with van der Waals surface area (Å²) in [4.78, 5) is 20.4. The molecule has 2 rings (SSSR count). The summed E-state index contributed by atoms with van der Waals surface area (Å²) in [5, 5.41) is 35.0. The predicted molar refractivity (Wildman–Crippen MR) is 78.1 cm³/mol. The van der Waals surface area contributed by atoms with Crippen LogP contribution < -0.4 is 4.74 Å². The molecule has 0 aliphatic heterocycles. The third-order valence-electron chi connectivity index (χ3n) is 2.96. The summed E-state index contributed by atoms with van der Waals surface area (Å²) in [5.74, 6) is -0.791. The maximum absolute atomic E-state index is 10.9. The zero-order chi connectivity index (χ0) is 17.1. The number of nitrogens with zero attached hydrogens (tertiary/aromatic N) is 3. The number of rotatable bonds is 5. The normalized spacial score (nSPS) is 10.9. The molecule has 0 spiro atoms. The lowest BCUT2D eigenvalue weighted by atomic mass is 10.1. The van der Waals surface area contributed by atoms with Crippen LogP contribution in [0.1, 0.15) is 17.0 Å². The van der Waals surface area contributed by atoms with Crippen molar-refractivity contribution in [3.05, 3.63) is 49.4 Å². The van der Waals surface area contributed by atoms with E-state index >= 15 is 0 Å². The number of hydrogen-bond donors (Lipinski definition) is 1. The van der Waals surface area contributed by atoms with E-state index < -0.39 is 21.3 Å². The quantitative estimate of drug-likeness (QED) is 0.654. The van der Waals surface area contributed by atoms with Crippen LogP contribution in [0.5, 0.6) is 11.5 Å². The average molecular weight is 321 g/mol. The van der Waals surface area contributed by atoms with Crippen molar-refractivity contribution in [3.8, 4) is 11.5 Å². The summed E-state index contributed by atoms with van der Waals surface area (Å²) >= 11 is 0. The lowest BCUT2D eigenvalue weighted by Gasteiger charge is -2.05. The molecule has 23 heavy (non-hydrogen) atoms. The second-order valence-corrected chi connectivity index (χ2v) is 4.42. The minimum atomic E-state index is -0.768. The van der Waals surface area contributed by atoms with Crippen molar-refractivity contribution in [2.45, 2.75) is 6.92 Å².